The van der Waals surface area contributed by atoms with Crippen molar-refractivity contribution in [1.82, 2.24) is 10.3 Å². The predicted molar refractivity (Wildman–Crippen MR) is 80.0 cm³/mol. The van der Waals surface area contributed by atoms with Crippen LogP contribution in [0, 0.1) is 23.0 Å². The molecule has 0 bridgehead atoms. The summed E-state index contributed by atoms with van der Waals surface area (Å²) < 4.78 is 26.5. The molecule has 1 N–H and O–H groups in total. The fourth-order valence-electron chi connectivity index (χ4n) is 2.12. The minimum Gasteiger partial charge on any atom is -0.337 e. The van der Waals surface area contributed by atoms with Crippen molar-refractivity contribution in [3.8, 4) is 6.07 Å². The summed E-state index contributed by atoms with van der Waals surface area (Å²) in [6, 6.07) is 9.11. The number of amides is 1. The molecule has 1 heterocycles. The normalized spacial score (nSPS) is 11.5. The molecule has 0 aliphatic rings. The molecular formula is C17H15F2N3O. The SMILES string of the molecule is N#CC(NC(=O)CCCc1ccccn1)c1ccc(F)cc1F. The minimum absolute atomic E-state index is 0.0491. The van der Waals surface area contributed by atoms with Crippen LogP contribution in [-0.2, 0) is 11.2 Å². The van der Waals surface area contributed by atoms with Crippen LogP contribution in [0.15, 0.2) is 42.6 Å². The lowest BCUT2D eigenvalue weighted by Crippen LogP contribution is -2.28. The number of halogens is 2. The lowest BCUT2D eigenvalue weighted by molar-refractivity contribution is -0.121. The number of aromatic nitrogens is 1. The van der Waals surface area contributed by atoms with Crippen LogP contribution in [0.2, 0.25) is 0 Å². The van der Waals surface area contributed by atoms with Gasteiger partial charge in [0.25, 0.3) is 0 Å². The molecule has 0 spiro atoms. The maximum Gasteiger partial charge on any atom is 0.221 e. The van der Waals surface area contributed by atoms with Gasteiger partial charge < -0.3 is 5.32 Å². The minimum atomic E-state index is -1.14. The predicted octanol–water partition coefficient (Wildman–Crippen LogP) is 3.06. The first-order valence-electron chi connectivity index (χ1n) is 7.14. The number of nitrogens with one attached hydrogen (secondary N) is 1. The average molecular weight is 315 g/mol. The molecule has 0 saturated carbocycles. The zero-order valence-electron chi connectivity index (χ0n) is 12.3. The van der Waals surface area contributed by atoms with Crippen molar-refractivity contribution in [3.05, 3.63) is 65.5 Å². The van der Waals surface area contributed by atoms with Crippen LogP contribution in [0.25, 0.3) is 0 Å². The van der Waals surface area contributed by atoms with E-state index >= 15 is 0 Å². The van der Waals surface area contributed by atoms with E-state index in [2.05, 4.69) is 10.3 Å². The Kier molecular flexibility index (Phi) is 5.75. The molecule has 0 saturated heterocycles. The highest BCUT2D eigenvalue weighted by atomic mass is 19.1. The second kappa shape index (κ2) is 7.99. The van der Waals surface area contributed by atoms with Crippen molar-refractivity contribution >= 4 is 5.91 Å². The number of carbonyl (C=O) groups is 1. The molecule has 6 heteroatoms. The third-order valence-corrected chi connectivity index (χ3v) is 3.27. The highest BCUT2D eigenvalue weighted by molar-refractivity contribution is 5.76. The molecule has 0 aliphatic carbocycles. The highest BCUT2D eigenvalue weighted by Crippen LogP contribution is 2.18. The number of carbonyl (C=O) groups excluding carboxylic acids is 1. The lowest BCUT2D eigenvalue weighted by Gasteiger charge is -2.12. The largest absolute Gasteiger partial charge is 0.337 e. The number of hydrogen-bond acceptors (Lipinski definition) is 3. The number of nitriles is 1. The molecular weight excluding hydrogens is 300 g/mol. The zero-order valence-corrected chi connectivity index (χ0v) is 12.3. The number of hydrogen-bond donors (Lipinski definition) is 1. The number of aryl methyl sites for hydroxylation is 1. The summed E-state index contributed by atoms with van der Waals surface area (Å²) >= 11 is 0. The molecule has 2 rings (SSSR count). The van der Waals surface area contributed by atoms with Gasteiger partial charge in [0.15, 0.2) is 0 Å². The van der Waals surface area contributed by atoms with Gasteiger partial charge in [0.2, 0.25) is 5.91 Å². The van der Waals surface area contributed by atoms with Crippen molar-refractivity contribution in [2.45, 2.75) is 25.3 Å². The van der Waals surface area contributed by atoms with Crippen LogP contribution in [0.3, 0.4) is 0 Å². The molecule has 1 unspecified atom stereocenters. The van der Waals surface area contributed by atoms with E-state index in [1.54, 1.807) is 6.20 Å². The highest BCUT2D eigenvalue weighted by Gasteiger charge is 2.18. The van der Waals surface area contributed by atoms with Crippen molar-refractivity contribution < 1.29 is 13.6 Å². The molecule has 0 radical (unpaired) electrons. The number of rotatable bonds is 6. The summed E-state index contributed by atoms with van der Waals surface area (Å²) in [6.07, 6.45) is 3.07. The molecule has 118 valence electrons. The molecule has 1 aromatic heterocycles. The van der Waals surface area contributed by atoms with Gasteiger partial charge in [-0.25, -0.2) is 8.78 Å². The Bertz CT molecular complexity index is 714. The third kappa shape index (κ3) is 4.85. The first kappa shape index (κ1) is 16.6. The molecule has 1 atom stereocenters. The van der Waals surface area contributed by atoms with Crippen LogP contribution in [0.5, 0.6) is 0 Å². The van der Waals surface area contributed by atoms with Gasteiger partial charge in [0.05, 0.1) is 6.07 Å². The van der Waals surface area contributed by atoms with Gasteiger partial charge in [-0.1, -0.05) is 12.1 Å². The van der Waals surface area contributed by atoms with Gasteiger partial charge in [-0.2, -0.15) is 5.26 Å². The molecule has 1 amide bonds. The van der Waals surface area contributed by atoms with Crippen LogP contribution in [-0.4, -0.2) is 10.9 Å². The first-order chi connectivity index (χ1) is 11.1. The average Bonchev–Trinajstić information content (AvgIpc) is 2.54. The summed E-state index contributed by atoms with van der Waals surface area (Å²) in [5.74, 6) is -1.95. The second-order valence-electron chi connectivity index (χ2n) is 4.97. The summed E-state index contributed by atoms with van der Waals surface area (Å²) in [5, 5.41) is 11.5. The second-order valence-corrected chi connectivity index (χ2v) is 4.97. The quantitative estimate of drug-likeness (QED) is 0.891. The summed E-state index contributed by atoms with van der Waals surface area (Å²) in [7, 11) is 0. The Morgan fingerprint density at radius 1 is 1.30 bits per heavy atom. The number of nitrogens with zero attached hydrogens (tertiary/aromatic N) is 2. The van der Waals surface area contributed by atoms with E-state index in [0.717, 1.165) is 17.8 Å². The standard InChI is InChI=1S/C17H15F2N3O/c18-12-7-8-14(15(19)10-12)16(11-20)22-17(23)6-3-5-13-4-1-2-9-21-13/h1-2,4,7-10,16H,3,5-6H2,(H,22,23). The smallest absolute Gasteiger partial charge is 0.221 e. The fraction of sp³-hybridized carbons (Fsp3) is 0.235. The van der Waals surface area contributed by atoms with Crippen molar-refractivity contribution in [3.63, 3.8) is 0 Å². The first-order valence-corrected chi connectivity index (χ1v) is 7.14. The van der Waals surface area contributed by atoms with E-state index in [-0.39, 0.29) is 17.9 Å². The van der Waals surface area contributed by atoms with E-state index in [4.69, 9.17) is 5.26 Å². The fourth-order valence-corrected chi connectivity index (χ4v) is 2.12. The number of pyridine rings is 1. The summed E-state index contributed by atoms with van der Waals surface area (Å²) in [6.45, 7) is 0. The van der Waals surface area contributed by atoms with Gasteiger partial charge in [-0.05, 0) is 31.0 Å². The molecule has 0 aliphatic heterocycles. The Morgan fingerprint density at radius 3 is 2.78 bits per heavy atom. The molecule has 23 heavy (non-hydrogen) atoms. The van der Waals surface area contributed by atoms with Crippen LogP contribution in [0.1, 0.15) is 30.1 Å². The van der Waals surface area contributed by atoms with Crippen LogP contribution < -0.4 is 5.32 Å². The van der Waals surface area contributed by atoms with Gasteiger partial charge >= 0.3 is 0 Å². The topological polar surface area (TPSA) is 65.8 Å². The Labute approximate surface area is 132 Å². The van der Waals surface area contributed by atoms with E-state index in [1.165, 1.54) is 0 Å². The lowest BCUT2D eigenvalue weighted by atomic mass is 10.1. The zero-order chi connectivity index (χ0) is 16.7. The van der Waals surface area contributed by atoms with E-state index < -0.39 is 17.7 Å². The van der Waals surface area contributed by atoms with E-state index in [1.807, 2.05) is 24.3 Å². The third-order valence-electron chi connectivity index (χ3n) is 3.27. The van der Waals surface area contributed by atoms with E-state index in [0.29, 0.717) is 18.9 Å². The van der Waals surface area contributed by atoms with Gasteiger partial charge in [-0.3, -0.25) is 9.78 Å². The Morgan fingerprint density at radius 2 is 2.13 bits per heavy atom. The Hall–Kier alpha value is -2.81. The summed E-state index contributed by atoms with van der Waals surface area (Å²) in [4.78, 5) is 16.0. The van der Waals surface area contributed by atoms with Crippen LogP contribution in [0.4, 0.5) is 8.78 Å². The van der Waals surface area contributed by atoms with Gasteiger partial charge in [0.1, 0.15) is 17.7 Å². The molecule has 4 nitrogen and oxygen atoms in total. The van der Waals surface area contributed by atoms with E-state index in [9.17, 15) is 13.6 Å². The number of benzene rings is 1. The van der Waals surface area contributed by atoms with Gasteiger partial charge in [0, 0.05) is 29.9 Å². The molecule has 0 fully saturated rings. The van der Waals surface area contributed by atoms with Gasteiger partial charge in [-0.15, -0.1) is 0 Å². The van der Waals surface area contributed by atoms with Crippen molar-refractivity contribution in [2.24, 2.45) is 0 Å². The van der Waals surface area contributed by atoms with Crippen molar-refractivity contribution in [2.75, 3.05) is 0 Å². The maximum atomic E-state index is 13.7. The Balaban J connectivity index is 1.89. The maximum absolute atomic E-state index is 13.7. The monoisotopic (exact) mass is 315 g/mol. The van der Waals surface area contributed by atoms with Crippen LogP contribution >= 0.6 is 0 Å². The molecule has 2 aromatic rings. The molecule has 1 aromatic carbocycles. The summed E-state index contributed by atoms with van der Waals surface area (Å²) in [5.41, 5.74) is 0.827. The van der Waals surface area contributed by atoms with Crippen molar-refractivity contribution in [1.29, 1.82) is 5.26 Å².